The molecule has 0 N–H and O–H groups in total. The molecule has 2 aromatic rings. The maximum Gasteiger partial charge on any atom is 0.182 e. The lowest BCUT2D eigenvalue weighted by molar-refractivity contribution is 0.0971. The molecular weight excluding hydrogens is 224 g/mol. The van der Waals surface area contributed by atoms with Crippen molar-refractivity contribution in [1.29, 1.82) is 5.26 Å². The number of carbonyl (C=O) groups excluding carboxylic acids is 1. The van der Waals surface area contributed by atoms with Gasteiger partial charge in [0.25, 0.3) is 0 Å². The van der Waals surface area contributed by atoms with Crippen molar-refractivity contribution in [2.75, 3.05) is 0 Å². The van der Waals surface area contributed by atoms with Crippen LogP contribution in [0.25, 0.3) is 0 Å². The van der Waals surface area contributed by atoms with Gasteiger partial charge in [0.2, 0.25) is 0 Å². The fourth-order valence-corrected chi connectivity index (χ4v) is 2.02. The van der Waals surface area contributed by atoms with Gasteiger partial charge in [0.1, 0.15) is 11.8 Å². The zero-order valence-electron chi connectivity index (χ0n) is 10.5. The second-order valence-corrected chi connectivity index (χ2v) is 4.37. The van der Waals surface area contributed by atoms with E-state index >= 15 is 0 Å². The largest absolute Gasteiger partial charge is 0.332 e. The lowest BCUT2D eigenvalue weighted by Crippen LogP contribution is -2.12. The van der Waals surface area contributed by atoms with E-state index in [0.717, 1.165) is 16.7 Å². The Kier molecular flexibility index (Phi) is 3.29. The first-order valence-corrected chi connectivity index (χ1v) is 5.77. The van der Waals surface area contributed by atoms with E-state index in [0.29, 0.717) is 5.69 Å². The van der Waals surface area contributed by atoms with Crippen molar-refractivity contribution in [1.82, 2.24) is 4.57 Å². The van der Waals surface area contributed by atoms with Gasteiger partial charge in [-0.2, -0.15) is 5.26 Å². The van der Waals surface area contributed by atoms with E-state index in [-0.39, 0.29) is 12.3 Å². The molecule has 18 heavy (non-hydrogen) atoms. The molecule has 1 aromatic carbocycles. The zero-order chi connectivity index (χ0) is 13.1. The minimum atomic E-state index is 0.0280. The summed E-state index contributed by atoms with van der Waals surface area (Å²) < 4.78 is 1.67. The van der Waals surface area contributed by atoms with E-state index in [2.05, 4.69) is 6.07 Å². The maximum atomic E-state index is 12.2. The van der Waals surface area contributed by atoms with Crippen LogP contribution in [0.2, 0.25) is 0 Å². The third kappa shape index (κ3) is 2.33. The van der Waals surface area contributed by atoms with Crippen molar-refractivity contribution in [3.8, 4) is 6.07 Å². The lowest BCUT2D eigenvalue weighted by atomic mass is 10.0. The van der Waals surface area contributed by atoms with Crippen molar-refractivity contribution >= 4 is 5.78 Å². The van der Waals surface area contributed by atoms with E-state index in [9.17, 15) is 4.79 Å². The number of aryl methyl sites for hydroxylation is 2. The predicted molar refractivity (Wildman–Crippen MR) is 69.4 cm³/mol. The molecule has 0 spiro atoms. The standard InChI is InChI=1S/C15H14N2O/c1-11-5-6-14(12(2)8-11)15(18)10-17-7-3-4-13(17)9-16/h3-8H,10H2,1-2H3. The summed E-state index contributed by atoms with van der Waals surface area (Å²) in [5.41, 5.74) is 3.35. The van der Waals surface area contributed by atoms with Gasteiger partial charge in [0, 0.05) is 11.8 Å². The first-order chi connectivity index (χ1) is 8.61. The van der Waals surface area contributed by atoms with Crippen LogP contribution in [0.1, 0.15) is 27.2 Å². The number of benzene rings is 1. The second kappa shape index (κ2) is 4.89. The van der Waals surface area contributed by atoms with Gasteiger partial charge in [0.05, 0.1) is 6.54 Å². The van der Waals surface area contributed by atoms with Gasteiger partial charge in [-0.15, -0.1) is 0 Å². The van der Waals surface area contributed by atoms with Crippen LogP contribution in [0.15, 0.2) is 36.5 Å². The van der Waals surface area contributed by atoms with Crippen molar-refractivity contribution in [2.45, 2.75) is 20.4 Å². The van der Waals surface area contributed by atoms with Crippen LogP contribution < -0.4 is 0 Å². The van der Waals surface area contributed by atoms with Crippen molar-refractivity contribution < 1.29 is 4.79 Å². The van der Waals surface area contributed by atoms with Gasteiger partial charge < -0.3 is 4.57 Å². The average molecular weight is 238 g/mol. The molecular formula is C15H14N2O. The topological polar surface area (TPSA) is 45.8 Å². The van der Waals surface area contributed by atoms with Crippen LogP contribution in [-0.2, 0) is 6.54 Å². The van der Waals surface area contributed by atoms with Crippen LogP contribution in [0.4, 0.5) is 0 Å². The fraction of sp³-hybridized carbons (Fsp3) is 0.200. The number of ketones is 1. The molecule has 1 aromatic heterocycles. The average Bonchev–Trinajstić information content (AvgIpc) is 2.76. The molecule has 0 aliphatic rings. The Hall–Kier alpha value is -2.34. The molecule has 1 heterocycles. The maximum absolute atomic E-state index is 12.2. The van der Waals surface area contributed by atoms with E-state index in [1.807, 2.05) is 32.0 Å². The minimum absolute atomic E-state index is 0.0280. The number of hydrogen-bond donors (Lipinski definition) is 0. The molecule has 0 unspecified atom stereocenters. The Labute approximate surface area is 106 Å². The van der Waals surface area contributed by atoms with Crippen LogP contribution in [-0.4, -0.2) is 10.4 Å². The molecule has 0 saturated carbocycles. The van der Waals surface area contributed by atoms with Gasteiger partial charge in [-0.05, 0) is 31.5 Å². The van der Waals surface area contributed by atoms with Crippen molar-refractivity contribution in [3.05, 3.63) is 58.9 Å². The number of Topliss-reactive ketones (excluding diaryl/α,β-unsaturated/α-hetero) is 1. The molecule has 3 heteroatoms. The summed E-state index contributed by atoms with van der Waals surface area (Å²) in [5, 5.41) is 8.90. The van der Waals surface area contributed by atoms with Crippen molar-refractivity contribution in [3.63, 3.8) is 0 Å². The molecule has 2 rings (SSSR count). The summed E-state index contributed by atoms with van der Waals surface area (Å²) in [4.78, 5) is 12.2. The van der Waals surface area contributed by atoms with E-state index in [1.54, 1.807) is 22.9 Å². The Morgan fingerprint density at radius 1 is 1.33 bits per heavy atom. The highest BCUT2D eigenvalue weighted by Crippen LogP contribution is 2.13. The first-order valence-electron chi connectivity index (χ1n) is 5.77. The number of nitrogens with zero attached hydrogens (tertiary/aromatic N) is 2. The Morgan fingerprint density at radius 3 is 2.78 bits per heavy atom. The summed E-state index contributed by atoms with van der Waals surface area (Å²) in [6, 6.07) is 11.3. The number of aromatic nitrogens is 1. The number of hydrogen-bond acceptors (Lipinski definition) is 2. The van der Waals surface area contributed by atoms with E-state index in [1.165, 1.54) is 0 Å². The van der Waals surface area contributed by atoms with Crippen LogP contribution in [0.5, 0.6) is 0 Å². The highest BCUT2D eigenvalue weighted by atomic mass is 16.1. The molecule has 90 valence electrons. The minimum Gasteiger partial charge on any atom is -0.332 e. The normalized spacial score (nSPS) is 10.1. The Bertz CT molecular complexity index is 632. The number of nitriles is 1. The SMILES string of the molecule is Cc1ccc(C(=O)Cn2cccc2C#N)c(C)c1. The summed E-state index contributed by atoms with van der Waals surface area (Å²) in [5.74, 6) is 0.0280. The summed E-state index contributed by atoms with van der Waals surface area (Å²) in [7, 11) is 0. The molecule has 0 amide bonds. The van der Waals surface area contributed by atoms with Crippen molar-refractivity contribution in [2.24, 2.45) is 0 Å². The summed E-state index contributed by atoms with van der Waals surface area (Å²) in [6.45, 7) is 4.14. The zero-order valence-corrected chi connectivity index (χ0v) is 10.5. The van der Waals surface area contributed by atoms with Gasteiger partial charge >= 0.3 is 0 Å². The number of rotatable bonds is 3. The number of carbonyl (C=O) groups is 1. The summed E-state index contributed by atoms with van der Waals surface area (Å²) in [6.07, 6.45) is 1.75. The molecule has 0 bridgehead atoms. The first kappa shape index (κ1) is 12.1. The molecule has 0 saturated heterocycles. The highest BCUT2D eigenvalue weighted by molar-refractivity contribution is 5.97. The van der Waals surface area contributed by atoms with E-state index < -0.39 is 0 Å². The summed E-state index contributed by atoms with van der Waals surface area (Å²) >= 11 is 0. The third-order valence-corrected chi connectivity index (χ3v) is 2.94. The molecule has 0 aliphatic heterocycles. The molecule has 0 radical (unpaired) electrons. The van der Waals surface area contributed by atoms with Gasteiger partial charge in [-0.1, -0.05) is 23.8 Å². The molecule has 3 nitrogen and oxygen atoms in total. The Morgan fingerprint density at radius 2 is 2.11 bits per heavy atom. The molecule has 0 aliphatic carbocycles. The quantitative estimate of drug-likeness (QED) is 0.772. The van der Waals surface area contributed by atoms with Crippen LogP contribution in [0, 0.1) is 25.2 Å². The predicted octanol–water partition coefficient (Wildman–Crippen LogP) is 2.86. The monoisotopic (exact) mass is 238 g/mol. The fourth-order valence-electron chi connectivity index (χ4n) is 2.02. The molecule has 0 fully saturated rings. The van der Waals surface area contributed by atoms with Gasteiger partial charge in [-0.3, -0.25) is 4.79 Å². The third-order valence-electron chi connectivity index (χ3n) is 2.94. The van der Waals surface area contributed by atoms with Crippen LogP contribution in [0.3, 0.4) is 0 Å². The second-order valence-electron chi connectivity index (χ2n) is 4.37. The van der Waals surface area contributed by atoms with Gasteiger partial charge in [0.15, 0.2) is 5.78 Å². The van der Waals surface area contributed by atoms with E-state index in [4.69, 9.17) is 5.26 Å². The smallest absolute Gasteiger partial charge is 0.182 e. The van der Waals surface area contributed by atoms with Crippen LogP contribution >= 0.6 is 0 Å². The highest BCUT2D eigenvalue weighted by Gasteiger charge is 2.11. The lowest BCUT2D eigenvalue weighted by Gasteiger charge is -2.07. The molecule has 0 atom stereocenters. The van der Waals surface area contributed by atoms with Gasteiger partial charge in [-0.25, -0.2) is 0 Å². The Balaban J connectivity index is 2.25.